The van der Waals surface area contributed by atoms with E-state index in [1.165, 1.54) is 18.4 Å². The molecule has 0 bridgehead atoms. The largest absolute Gasteiger partial charge is 0.398 e. The Morgan fingerprint density at radius 2 is 1.90 bits per heavy atom. The number of thioether (sulfide) groups is 1. The van der Waals surface area contributed by atoms with E-state index >= 15 is 0 Å². The van der Waals surface area contributed by atoms with Gasteiger partial charge in [0.15, 0.2) is 0 Å². The number of nitrogens with zero attached hydrogens (tertiary/aromatic N) is 1. The van der Waals surface area contributed by atoms with E-state index in [1.807, 2.05) is 30.9 Å². The molecule has 0 radical (unpaired) electrons. The highest BCUT2D eigenvalue weighted by molar-refractivity contribution is 8.00. The summed E-state index contributed by atoms with van der Waals surface area (Å²) in [5.41, 5.74) is 7.93. The van der Waals surface area contributed by atoms with Crippen LogP contribution in [0.4, 0.5) is 5.69 Å². The van der Waals surface area contributed by atoms with E-state index in [4.69, 9.17) is 5.73 Å². The lowest BCUT2D eigenvalue weighted by atomic mass is 10.2. The highest BCUT2D eigenvalue weighted by Crippen LogP contribution is 2.30. The molecule has 2 rings (SSSR count). The highest BCUT2D eigenvalue weighted by Gasteiger charge is 2.22. The van der Waals surface area contributed by atoms with Gasteiger partial charge in [-0.1, -0.05) is 18.9 Å². The van der Waals surface area contributed by atoms with E-state index < -0.39 is 0 Å². The summed E-state index contributed by atoms with van der Waals surface area (Å²) in [5, 5.41) is -0.0720. The number of likely N-dealkylation sites (tertiary alicyclic amines) is 1. The predicted octanol–water partition coefficient (Wildman–Crippen LogP) is 3.46. The Balaban J connectivity index is 2.01. The molecule has 1 saturated heterocycles. The number of amides is 1. The van der Waals surface area contributed by atoms with Crippen molar-refractivity contribution in [3.8, 4) is 0 Å². The van der Waals surface area contributed by atoms with Crippen LogP contribution in [0.2, 0.25) is 0 Å². The zero-order valence-electron chi connectivity index (χ0n) is 12.4. The summed E-state index contributed by atoms with van der Waals surface area (Å²) in [5.74, 6) is 0.248. The van der Waals surface area contributed by atoms with Gasteiger partial charge in [-0.15, -0.1) is 11.8 Å². The van der Waals surface area contributed by atoms with E-state index in [2.05, 4.69) is 6.07 Å². The van der Waals surface area contributed by atoms with E-state index in [1.54, 1.807) is 11.8 Å². The van der Waals surface area contributed by atoms with E-state index in [-0.39, 0.29) is 11.2 Å². The molecule has 0 saturated carbocycles. The Morgan fingerprint density at radius 1 is 1.25 bits per heavy atom. The molecule has 0 aromatic heterocycles. The summed E-state index contributed by atoms with van der Waals surface area (Å²) in [4.78, 5) is 15.6. The Morgan fingerprint density at radius 3 is 2.55 bits per heavy atom. The first-order valence-electron chi connectivity index (χ1n) is 7.39. The molecule has 1 aromatic carbocycles. The maximum Gasteiger partial charge on any atom is 0.235 e. The van der Waals surface area contributed by atoms with Crippen LogP contribution in [0.1, 0.15) is 38.2 Å². The fraction of sp³-hybridized carbons (Fsp3) is 0.562. The van der Waals surface area contributed by atoms with Crippen LogP contribution in [0.3, 0.4) is 0 Å². The minimum absolute atomic E-state index is 0.0720. The quantitative estimate of drug-likeness (QED) is 0.685. The summed E-state index contributed by atoms with van der Waals surface area (Å²) in [6, 6.07) is 5.98. The average Bonchev–Trinajstić information content (AvgIpc) is 2.71. The van der Waals surface area contributed by atoms with Gasteiger partial charge >= 0.3 is 0 Å². The summed E-state index contributed by atoms with van der Waals surface area (Å²) >= 11 is 1.58. The maximum absolute atomic E-state index is 12.5. The van der Waals surface area contributed by atoms with Crippen LogP contribution < -0.4 is 5.73 Å². The van der Waals surface area contributed by atoms with Gasteiger partial charge in [-0.05, 0) is 44.4 Å². The number of carbonyl (C=O) groups excluding carboxylic acids is 1. The third kappa shape index (κ3) is 3.92. The second-order valence-corrected chi connectivity index (χ2v) is 6.92. The molecule has 2 N–H and O–H groups in total. The van der Waals surface area contributed by atoms with E-state index in [0.717, 1.165) is 36.5 Å². The third-order valence-corrected chi connectivity index (χ3v) is 4.90. The van der Waals surface area contributed by atoms with Crippen molar-refractivity contribution in [2.45, 2.75) is 49.7 Å². The Labute approximate surface area is 125 Å². The Bertz CT molecular complexity index is 468. The van der Waals surface area contributed by atoms with Crippen molar-refractivity contribution < 1.29 is 4.79 Å². The first-order chi connectivity index (χ1) is 9.58. The number of benzene rings is 1. The maximum atomic E-state index is 12.5. The van der Waals surface area contributed by atoms with Gasteiger partial charge in [-0.25, -0.2) is 0 Å². The van der Waals surface area contributed by atoms with E-state index in [9.17, 15) is 4.79 Å². The van der Waals surface area contributed by atoms with Crippen molar-refractivity contribution in [2.75, 3.05) is 18.8 Å². The molecule has 3 nitrogen and oxygen atoms in total. The first-order valence-corrected chi connectivity index (χ1v) is 8.27. The van der Waals surface area contributed by atoms with Gasteiger partial charge in [0.25, 0.3) is 0 Å². The first kappa shape index (κ1) is 15.2. The van der Waals surface area contributed by atoms with Crippen LogP contribution in [0.5, 0.6) is 0 Å². The molecule has 1 aromatic rings. The van der Waals surface area contributed by atoms with Gasteiger partial charge in [0, 0.05) is 23.7 Å². The van der Waals surface area contributed by atoms with Crippen molar-refractivity contribution in [1.82, 2.24) is 4.90 Å². The zero-order chi connectivity index (χ0) is 14.5. The molecule has 1 unspecified atom stereocenters. The second-order valence-electron chi connectivity index (χ2n) is 5.54. The van der Waals surface area contributed by atoms with Crippen molar-refractivity contribution in [2.24, 2.45) is 0 Å². The number of carbonyl (C=O) groups is 1. The fourth-order valence-electron chi connectivity index (χ4n) is 2.53. The van der Waals surface area contributed by atoms with Crippen molar-refractivity contribution >= 4 is 23.4 Å². The molecular weight excluding hydrogens is 268 g/mol. The predicted molar refractivity (Wildman–Crippen MR) is 86.0 cm³/mol. The number of aryl methyl sites for hydroxylation is 1. The summed E-state index contributed by atoms with van der Waals surface area (Å²) in [7, 11) is 0. The van der Waals surface area contributed by atoms with Gasteiger partial charge in [0.05, 0.1) is 5.25 Å². The van der Waals surface area contributed by atoms with Crippen LogP contribution in [-0.2, 0) is 4.79 Å². The molecule has 4 heteroatoms. The van der Waals surface area contributed by atoms with Gasteiger partial charge in [-0.2, -0.15) is 0 Å². The van der Waals surface area contributed by atoms with Crippen LogP contribution in [-0.4, -0.2) is 29.1 Å². The molecule has 1 aliphatic rings. The fourth-order valence-corrected chi connectivity index (χ4v) is 3.62. The lowest BCUT2D eigenvalue weighted by molar-refractivity contribution is -0.130. The van der Waals surface area contributed by atoms with Crippen LogP contribution in [0.15, 0.2) is 23.1 Å². The van der Waals surface area contributed by atoms with Gasteiger partial charge in [0.1, 0.15) is 0 Å². The number of hydrogen-bond acceptors (Lipinski definition) is 3. The smallest absolute Gasteiger partial charge is 0.235 e. The SMILES string of the molecule is Cc1ccc(N)c(SC(C)C(=O)N2CCCCCC2)c1. The molecule has 1 aliphatic heterocycles. The zero-order valence-corrected chi connectivity index (χ0v) is 13.2. The highest BCUT2D eigenvalue weighted by atomic mass is 32.2. The standard InChI is InChI=1S/C16H24N2OS/c1-12-7-8-14(17)15(11-12)20-13(2)16(19)18-9-5-3-4-6-10-18/h7-8,11,13H,3-6,9-10,17H2,1-2H3. The number of rotatable bonds is 3. The summed E-state index contributed by atoms with van der Waals surface area (Å²) in [6.07, 6.45) is 4.76. The molecule has 110 valence electrons. The molecule has 1 fully saturated rings. The van der Waals surface area contributed by atoms with E-state index in [0.29, 0.717) is 0 Å². The van der Waals surface area contributed by atoms with Crippen LogP contribution in [0, 0.1) is 6.92 Å². The molecule has 1 atom stereocenters. The minimum atomic E-state index is -0.0720. The summed E-state index contributed by atoms with van der Waals surface area (Å²) < 4.78 is 0. The van der Waals surface area contributed by atoms with Crippen molar-refractivity contribution in [3.63, 3.8) is 0 Å². The lowest BCUT2D eigenvalue weighted by Crippen LogP contribution is -2.37. The lowest BCUT2D eigenvalue weighted by Gasteiger charge is -2.24. The molecule has 1 amide bonds. The minimum Gasteiger partial charge on any atom is -0.398 e. The molecule has 0 aliphatic carbocycles. The molecular formula is C16H24N2OS. The Kier molecular flexibility index (Phi) is 5.35. The Hall–Kier alpha value is -1.16. The van der Waals surface area contributed by atoms with Crippen molar-refractivity contribution in [1.29, 1.82) is 0 Å². The third-order valence-electron chi connectivity index (χ3n) is 3.74. The molecule has 1 heterocycles. The van der Waals surface area contributed by atoms with Crippen LogP contribution in [0.25, 0.3) is 0 Å². The molecule has 20 heavy (non-hydrogen) atoms. The second kappa shape index (κ2) is 7.02. The average molecular weight is 292 g/mol. The van der Waals surface area contributed by atoms with Gasteiger partial charge in [-0.3, -0.25) is 4.79 Å². The number of nitrogens with two attached hydrogens (primary N) is 1. The van der Waals surface area contributed by atoms with Gasteiger partial charge < -0.3 is 10.6 Å². The molecule has 0 spiro atoms. The van der Waals surface area contributed by atoms with Crippen molar-refractivity contribution in [3.05, 3.63) is 23.8 Å². The van der Waals surface area contributed by atoms with Crippen LogP contribution >= 0.6 is 11.8 Å². The topological polar surface area (TPSA) is 46.3 Å². The number of anilines is 1. The van der Waals surface area contributed by atoms with Gasteiger partial charge in [0.2, 0.25) is 5.91 Å². The normalized spacial score (nSPS) is 17.6. The number of nitrogen functional groups attached to an aromatic ring is 1. The summed E-state index contributed by atoms with van der Waals surface area (Å²) in [6.45, 7) is 5.85. The monoisotopic (exact) mass is 292 g/mol. The number of hydrogen-bond donors (Lipinski definition) is 1.